The van der Waals surface area contributed by atoms with Gasteiger partial charge >= 0.3 is 11.9 Å². The van der Waals surface area contributed by atoms with Crippen LogP contribution in [0.15, 0.2) is 0 Å². The maximum atomic E-state index is 13.0. The van der Waals surface area contributed by atoms with Gasteiger partial charge in [-0.2, -0.15) is 0 Å². The highest BCUT2D eigenvalue weighted by Gasteiger charge is 2.53. The Bertz CT molecular complexity index is 455. The fourth-order valence-corrected chi connectivity index (χ4v) is 2.86. The second kappa shape index (κ2) is 5.54. The van der Waals surface area contributed by atoms with E-state index in [4.69, 9.17) is 9.47 Å². The molecular weight excluding hydrogens is 280 g/mol. The quantitative estimate of drug-likeness (QED) is 0.740. The number of rotatable bonds is 3. The van der Waals surface area contributed by atoms with E-state index in [0.717, 1.165) is 0 Å². The average Bonchev–Trinajstić information content (AvgIpc) is 2.53. The molecule has 128 valence electrons. The third-order valence-electron chi connectivity index (χ3n) is 5.09. The molecule has 1 saturated heterocycles. The van der Waals surface area contributed by atoms with E-state index in [-0.39, 0.29) is 29.4 Å². The Kier molecular flexibility index (Phi) is 4.78. The number of carbonyl (C=O) groups is 2. The highest BCUT2D eigenvalue weighted by atomic mass is 16.6. The van der Waals surface area contributed by atoms with Crippen LogP contribution >= 0.6 is 0 Å². The first kappa shape index (κ1) is 19.0. The first-order valence-electron chi connectivity index (χ1n) is 8.02. The first-order chi connectivity index (χ1) is 9.62. The van der Waals surface area contributed by atoms with Crippen molar-refractivity contribution in [3.05, 3.63) is 0 Å². The number of esters is 2. The van der Waals surface area contributed by atoms with Crippen molar-refractivity contribution in [3.8, 4) is 0 Å². The number of hydrogen-bond donors (Lipinski definition) is 0. The lowest BCUT2D eigenvalue weighted by molar-refractivity contribution is -0.182. The predicted molar refractivity (Wildman–Crippen MR) is 86.3 cm³/mol. The lowest BCUT2D eigenvalue weighted by atomic mass is 9.61. The average molecular weight is 312 g/mol. The predicted octanol–water partition coefficient (Wildman–Crippen LogP) is 3.97. The minimum atomic E-state index is -0.876. The largest absolute Gasteiger partial charge is 0.461 e. The molecule has 0 amide bonds. The van der Waals surface area contributed by atoms with Gasteiger partial charge in [-0.05, 0) is 38.0 Å². The zero-order valence-electron chi connectivity index (χ0n) is 15.6. The maximum absolute atomic E-state index is 13.0. The lowest BCUT2D eigenvalue weighted by Gasteiger charge is -2.45. The van der Waals surface area contributed by atoms with Gasteiger partial charge in [0.25, 0.3) is 0 Å². The third-order valence-corrected chi connectivity index (χ3v) is 5.09. The van der Waals surface area contributed by atoms with Crippen molar-refractivity contribution in [1.82, 2.24) is 0 Å². The Balaban J connectivity index is 3.07. The summed E-state index contributed by atoms with van der Waals surface area (Å²) in [4.78, 5) is 24.6. The summed E-state index contributed by atoms with van der Waals surface area (Å²) in [5.41, 5.74) is -1.77. The van der Waals surface area contributed by atoms with E-state index in [1.807, 2.05) is 6.92 Å². The van der Waals surface area contributed by atoms with Gasteiger partial charge < -0.3 is 9.47 Å². The van der Waals surface area contributed by atoms with Gasteiger partial charge in [0, 0.05) is 0 Å². The van der Waals surface area contributed by atoms with Crippen LogP contribution in [0.25, 0.3) is 0 Å². The summed E-state index contributed by atoms with van der Waals surface area (Å²) in [7, 11) is 0. The minimum absolute atomic E-state index is 0.00440. The van der Waals surface area contributed by atoms with Crippen molar-refractivity contribution in [2.45, 2.75) is 74.3 Å². The molecule has 3 atom stereocenters. The number of carbonyl (C=O) groups excluding carboxylic acids is 2. The summed E-state index contributed by atoms with van der Waals surface area (Å²) >= 11 is 0. The van der Waals surface area contributed by atoms with Gasteiger partial charge in [0.15, 0.2) is 5.60 Å². The van der Waals surface area contributed by atoms with Crippen molar-refractivity contribution >= 4 is 11.9 Å². The van der Waals surface area contributed by atoms with Crippen molar-refractivity contribution < 1.29 is 19.1 Å². The molecule has 0 spiro atoms. The smallest absolute Gasteiger partial charge is 0.313 e. The molecule has 4 nitrogen and oxygen atoms in total. The molecule has 0 aromatic rings. The maximum Gasteiger partial charge on any atom is 0.313 e. The van der Waals surface area contributed by atoms with Gasteiger partial charge in [0.1, 0.15) is 6.61 Å². The zero-order chi connectivity index (χ0) is 17.6. The van der Waals surface area contributed by atoms with Crippen LogP contribution < -0.4 is 0 Å². The molecule has 0 saturated carbocycles. The van der Waals surface area contributed by atoms with Crippen LogP contribution in [0, 0.1) is 22.2 Å². The Hall–Kier alpha value is -1.06. The summed E-state index contributed by atoms with van der Waals surface area (Å²) in [6.07, 6.45) is 0.710. The zero-order valence-corrected chi connectivity index (χ0v) is 15.6. The van der Waals surface area contributed by atoms with Gasteiger partial charge in [0.05, 0.1) is 11.3 Å². The molecule has 0 N–H and O–H groups in total. The molecule has 4 heteroatoms. The van der Waals surface area contributed by atoms with Crippen LogP contribution in [-0.2, 0) is 19.1 Å². The summed E-state index contributed by atoms with van der Waals surface area (Å²) in [6.45, 7) is 18.2. The molecule has 0 aromatic heterocycles. The molecule has 0 radical (unpaired) electrons. The Labute approximate surface area is 134 Å². The van der Waals surface area contributed by atoms with Crippen LogP contribution in [0.4, 0.5) is 0 Å². The Morgan fingerprint density at radius 2 is 1.73 bits per heavy atom. The summed E-state index contributed by atoms with van der Waals surface area (Å²) in [6, 6.07) is 0. The van der Waals surface area contributed by atoms with Crippen LogP contribution in [0.2, 0.25) is 0 Å². The van der Waals surface area contributed by atoms with E-state index in [2.05, 4.69) is 41.5 Å². The normalized spacial score (nSPS) is 29.0. The molecule has 3 unspecified atom stereocenters. The second-order valence-electron chi connectivity index (χ2n) is 9.35. The molecule has 0 aliphatic carbocycles. The van der Waals surface area contributed by atoms with Crippen LogP contribution in [0.1, 0.15) is 68.7 Å². The van der Waals surface area contributed by atoms with Gasteiger partial charge in [-0.15, -0.1) is 0 Å². The van der Waals surface area contributed by atoms with Gasteiger partial charge in [-0.1, -0.05) is 41.5 Å². The molecule has 1 rings (SSSR count). The van der Waals surface area contributed by atoms with Crippen LogP contribution in [0.5, 0.6) is 0 Å². The summed E-state index contributed by atoms with van der Waals surface area (Å²) in [5.74, 6) is -0.985. The Morgan fingerprint density at radius 1 is 1.23 bits per heavy atom. The van der Waals surface area contributed by atoms with Crippen LogP contribution in [0.3, 0.4) is 0 Å². The second-order valence-corrected chi connectivity index (χ2v) is 9.35. The third kappa shape index (κ3) is 3.64. The fraction of sp³-hybridized carbons (Fsp3) is 0.889. The van der Waals surface area contributed by atoms with E-state index in [1.54, 1.807) is 13.8 Å². The van der Waals surface area contributed by atoms with E-state index < -0.39 is 16.9 Å². The molecular formula is C18H32O4. The monoisotopic (exact) mass is 312 g/mol. The fourth-order valence-electron chi connectivity index (χ4n) is 2.86. The molecule has 0 bridgehead atoms. The summed E-state index contributed by atoms with van der Waals surface area (Å²) < 4.78 is 10.9. The van der Waals surface area contributed by atoms with E-state index in [0.29, 0.717) is 6.42 Å². The topological polar surface area (TPSA) is 52.6 Å². The van der Waals surface area contributed by atoms with E-state index in [1.165, 1.54) is 0 Å². The van der Waals surface area contributed by atoms with Crippen molar-refractivity contribution in [3.63, 3.8) is 0 Å². The molecule has 1 aliphatic heterocycles. The molecule has 1 aliphatic rings. The Morgan fingerprint density at radius 3 is 2.05 bits per heavy atom. The molecule has 22 heavy (non-hydrogen) atoms. The number of hydrogen-bond acceptors (Lipinski definition) is 4. The molecule has 1 fully saturated rings. The highest BCUT2D eigenvalue weighted by Crippen LogP contribution is 2.48. The van der Waals surface area contributed by atoms with Crippen molar-refractivity contribution in [2.75, 3.05) is 6.61 Å². The van der Waals surface area contributed by atoms with Gasteiger partial charge in [-0.25, -0.2) is 0 Å². The minimum Gasteiger partial charge on any atom is -0.461 e. The number of ether oxygens (including phenoxy) is 2. The van der Waals surface area contributed by atoms with Crippen molar-refractivity contribution in [1.29, 1.82) is 0 Å². The van der Waals surface area contributed by atoms with E-state index in [9.17, 15) is 9.59 Å². The molecule has 1 heterocycles. The SMILES string of the molecule is CC1C(=O)OCC1(C)OC(=O)C(C)(CC(C)(C)C)C(C)(C)C. The highest BCUT2D eigenvalue weighted by molar-refractivity contribution is 5.80. The van der Waals surface area contributed by atoms with Crippen LogP contribution in [-0.4, -0.2) is 24.1 Å². The molecule has 0 aromatic carbocycles. The lowest BCUT2D eigenvalue weighted by Crippen LogP contribution is -2.49. The van der Waals surface area contributed by atoms with Gasteiger partial charge in [-0.3, -0.25) is 9.59 Å². The van der Waals surface area contributed by atoms with Crippen molar-refractivity contribution in [2.24, 2.45) is 22.2 Å². The summed E-state index contributed by atoms with van der Waals surface area (Å²) in [5, 5.41) is 0. The first-order valence-corrected chi connectivity index (χ1v) is 8.02. The van der Waals surface area contributed by atoms with Gasteiger partial charge in [0.2, 0.25) is 0 Å². The standard InChI is InChI=1S/C18H32O4/c1-12-13(19)21-11-18(12,9)22-14(20)17(8,16(5,6)7)10-15(2,3)4/h12H,10-11H2,1-9H3. The van der Waals surface area contributed by atoms with E-state index >= 15 is 0 Å². The number of cyclic esters (lactones) is 1.